The van der Waals surface area contributed by atoms with Crippen LogP contribution in [0, 0.1) is 17.2 Å². The summed E-state index contributed by atoms with van der Waals surface area (Å²) in [5.74, 6) is -0.206. The molecule has 0 unspecified atom stereocenters. The van der Waals surface area contributed by atoms with E-state index in [2.05, 4.69) is 21.6 Å². The second-order valence-electron chi connectivity index (χ2n) is 10.8. The lowest BCUT2D eigenvalue weighted by atomic mass is 9.84. The summed E-state index contributed by atoms with van der Waals surface area (Å²) in [5.41, 5.74) is 1.75. The highest BCUT2D eigenvalue weighted by Crippen LogP contribution is 2.35. The van der Waals surface area contributed by atoms with Gasteiger partial charge in [0.25, 0.3) is 0 Å². The molecule has 2 N–H and O–H groups in total. The standard InChI is InChI=1S/C27H30ClN5O3/c1-26(2,3)36-25(35)33-15-18(10-11-27(33,4)5)24(34)30-23-20-13-17(7-9-22(20)31-32-23)19-12-16(14-29)6-8-21(19)28/h6-9,12-13,18H,10-11,15H2,1-5H3,(H2,30,31,32,34)/t18-/m1/s1. The normalized spacial score (nSPS) is 17.5. The molecule has 2 amide bonds. The van der Waals surface area contributed by atoms with Crippen molar-refractivity contribution in [1.29, 1.82) is 5.26 Å². The van der Waals surface area contributed by atoms with E-state index in [1.165, 1.54) is 0 Å². The zero-order chi connectivity index (χ0) is 26.3. The van der Waals surface area contributed by atoms with Crippen LogP contribution < -0.4 is 5.32 Å². The average Bonchev–Trinajstić information content (AvgIpc) is 3.19. The van der Waals surface area contributed by atoms with Gasteiger partial charge in [0.2, 0.25) is 5.91 Å². The average molecular weight is 508 g/mol. The maximum atomic E-state index is 13.3. The summed E-state index contributed by atoms with van der Waals surface area (Å²) < 4.78 is 5.59. The molecular formula is C27H30ClN5O3. The number of carbonyl (C=O) groups is 2. The summed E-state index contributed by atoms with van der Waals surface area (Å²) in [4.78, 5) is 27.8. The van der Waals surface area contributed by atoms with E-state index in [4.69, 9.17) is 16.3 Å². The lowest BCUT2D eigenvalue weighted by Gasteiger charge is -2.45. The van der Waals surface area contributed by atoms with Gasteiger partial charge in [-0.1, -0.05) is 17.7 Å². The number of likely N-dealkylation sites (tertiary alicyclic amines) is 1. The van der Waals surface area contributed by atoms with Crippen LogP contribution in [0.4, 0.5) is 10.6 Å². The number of H-pyrrole nitrogens is 1. The molecule has 9 heteroatoms. The molecule has 0 spiro atoms. The molecule has 2 heterocycles. The number of piperidine rings is 1. The number of halogens is 1. The van der Waals surface area contributed by atoms with Gasteiger partial charge in [0, 0.05) is 28.1 Å². The summed E-state index contributed by atoms with van der Waals surface area (Å²) in [6.45, 7) is 9.71. The molecule has 0 radical (unpaired) electrons. The van der Waals surface area contributed by atoms with E-state index in [0.717, 1.165) is 22.0 Å². The highest BCUT2D eigenvalue weighted by Gasteiger charge is 2.41. The summed E-state index contributed by atoms with van der Waals surface area (Å²) >= 11 is 6.40. The van der Waals surface area contributed by atoms with E-state index in [-0.39, 0.29) is 12.5 Å². The van der Waals surface area contributed by atoms with Gasteiger partial charge in [0.05, 0.1) is 23.1 Å². The van der Waals surface area contributed by atoms with Gasteiger partial charge in [-0.05, 0) is 83.4 Å². The molecule has 0 bridgehead atoms. The number of rotatable bonds is 3. The first kappa shape index (κ1) is 25.5. The Hall–Kier alpha value is -3.57. The molecule has 1 aliphatic rings. The molecular weight excluding hydrogens is 478 g/mol. The predicted octanol–water partition coefficient (Wildman–Crippen LogP) is 6.12. The van der Waals surface area contributed by atoms with E-state index in [1.807, 2.05) is 52.8 Å². The minimum absolute atomic E-state index is 0.206. The number of carbonyl (C=O) groups excluding carboxylic acids is 2. The third-order valence-electron chi connectivity index (χ3n) is 6.43. The largest absolute Gasteiger partial charge is 0.444 e. The fourth-order valence-corrected chi connectivity index (χ4v) is 4.61. The number of aromatic amines is 1. The van der Waals surface area contributed by atoms with Crippen LogP contribution in [-0.4, -0.2) is 44.8 Å². The first-order valence-electron chi connectivity index (χ1n) is 11.9. The van der Waals surface area contributed by atoms with Gasteiger partial charge < -0.3 is 15.0 Å². The van der Waals surface area contributed by atoms with Crippen LogP contribution in [0.25, 0.3) is 22.0 Å². The van der Waals surface area contributed by atoms with Crippen molar-refractivity contribution < 1.29 is 14.3 Å². The van der Waals surface area contributed by atoms with Gasteiger partial charge in [-0.15, -0.1) is 0 Å². The minimum atomic E-state index is -0.621. The number of nitriles is 1. The summed E-state index contributed by atoms with van der Waals surface area (Å²) in [6, 6.07) is 12.8. The SMILES string of the molecule is CC(C)(C)OC(=O)N1C[C@H](C(=O)Nc2n[nH]c3ccc(-c4cc(C#N)ccc4Cl)cc23)CCC1(C)C. The summed E-state index contributed by atoms with van der Waals surface area (Å²) in [5, 5.41) is 20.7. The Bertz CT molecular complexity index is 1370. The number of hydrogen-bond acceptors (Lipinski definition) is 5. The van der Waals surface area contributed by atoms with Crippen molar-refractivity contribution in [2.75, 3.05) is 11.9 Å². The number of ether oxygens (including phenoxy) is 1. The Morgan fingerprint density at radius 3 is 2.69 bits per heavy atom. The zero-order valence-electron chi connectivity index (χ0n) is 21.1. The van der Waals surface area contributed by atoms with E-state index >= 15 is 0 Å². The Labute approximate surface area is 215 Å². The van der Waals surface area contributed by atoms with Crippen molar-refractivity contribution in [3.63, 3.8) is 0 Å². The predicted molar refractivity (Wildman–Crippen MR) is 140 cm³/mol. The highest BCUT2D eigenvalue weighted by atomic mass is 35.5. The van der Waals surface area contributed by atoms with Gasteiger partial charge in [0.15, 0.2) is 5.82 Å². The Balaban J connectivity index is 1.56. The smallest absolute Gasteiger partial charge is 0.410 e. The van der Waals surface area contributed by atoms with Crippen molar-refractivity contribution in [2.45, 2.75) is 58.6 Å². The summed E-state index contributed by atoms with van der Waals surface area (Å²) in [6.07, 6.45) is 0.891. The maximum Gasteiger partial charge on any atom is 0.410 e. The van der Waals surface area contributed by atoms with Crippen LogP contribution in [0.3, 0.4) is 0 Å². The number of anilines is 1. The van der Waals surface area contributed by atoms with Gasteiger partial charge >= 0.3 is 6.09 Å². The minimum Gasteiger partial charge on any atom is -0.444 e. The number of nitrogens with zero attached hydrogens (tertiary/aromatic N) is 3. The molecule has 8 nitrogen and oxygen atoms in total. The molecule has 0 saturated carbocycles. The van der Waals surface area contributed by atoms with E-state index in [0.29, 0.717) is 29.2 Å². The number of benzene rings is 2. The molecule has 1 aliphatic heterocycles. The van der Waals surface area contributed by atoms with Crippen LogP contribution in [-0.2, 0) is 9.53 Å². The highest BCUT2D eigenvalue weighted by molar-refractivity contribution is 6.33. The van der Waals surface area contributed by atoms with Gasteiger partial charge in [-0.25, -0.2) is 4.79 Å². The zero-order valence-corrected chi connectivity index (χ0v) is 21.9. The number of hydrogen-bond donors (Lipinski definition) is 2. The molecule has 1 aromatic heterocycles. The second kappa shape index (κ2) is 9.47. The van der Waals surface area contributed by atoms with Crippen molar-refractivity contribution in [3.8, 4) is 17.2 Å². The third kappa shape index (κ3) is 5.31. The molecule has 0 aliphatic carbocycles. The summed E-state index contributed by atoms with van der Waals surface area (Å²) in [7, 11) is 0. The maximum absolute atomic E-state index is 13.3. The monoisotopic (exact) mass is 507 g/mol. The Morgan fingerprint density at radius 1 is 1.25 bits per heavy atom. The molecule has 1 atom stereocenters. The molecule has 1 fully saturated rings. The molecule has 4 rings (SSSR count). The van der Waals surface area contributed by atoms with E-state index in [1.54, 1.807) is 23.1 Å². The van der Waals surface area contributed by atoms with Crippen LogP contribution in [0.2, 0.25) is 5.02 Å². The van der Waals surface area contributed by atoms with Crippen molar-refractivity contribution in [3.05, 3.63) is 47.0 Å². The van der Waals surface area contributed by atoms with Gasteiger partial charge in [0.1, 0.15) is 5.60 Å². The fraction of sp³-hybridized carbons (Fsp3) is 0.407. The first-order chi connectivity index (χ1) is 16.9. The Morgan fingerprint density at radius 2 is 2.00 bits per heavy atom. The number of amides is 2. The molecule has 3 aromatic rings. The van der Waals surface area contributed by atoms with Gasteiger partial charge in [-0.3, -0.25) is 9.89 Å². The van der Waals surface area contributed by atoms with Crippen molar-refractivity contribution in [1.82, 2.24) is 15.1 Å². The van der Waals surface area contributed by atoms with Crippen LogP contribution in [0.1, 0.15) is 53.0 Å². The van der Waals surface area contributed by atoms with E-state index < -0.39 is 23.2 Å². The number of nitrogens with one attached hydrogen (secondary N) is 2. The van der Waals surface area contributed by atoms with Crippen LogP contribution >= 0.6 is 11.6 Å². The quantitative estimate of drug-likeness (QED) is 0.443. The third-order valence-corrected chi connectivity index (χ3v) is 6.76. The van der Waals surface area contributed by atoms with Crippen LogP contribution in [0.5, 0.6) is 0 Å². The van der Waals surface area contributed by atoms with E-state index in [9.17, 15) is 14.9 Å². The fourth-order valence-electron chi connectivity index (χ4n) is 4.39. The first-order valence-corrected chi connectivity index (χ1v) is 12.3. The molecule has 36 heavy (non-hydrogen) atoms. The van der Waals surface area contributed by atoms with Gasteiger partial charge in [-0.2, -0.15) is 10.4 Å². The van der Waals surface area contributed by atoms with Crippen molar-refractivity contribution >= 4 is 40.3 Å². The lowest BCUT2D eigenvalue weighted by Crippen LogP contribution is -2.56. The lowest BCUT2D eigenvalue weighted by molar-refractivity contribution is -0.122. The molecule has 2 aromatic carbocycles. The number of aromatic nitrogens is 2. The second-order valence-corrected chi connectivity index (χ2v) is 11.2. The number of fused-ring (bicyclic) bond motifs is 1. The Kier molecular flexibility index (Phi) is 6.72. The topological polar surface area (TPSA) is 111 Å². The van der Waals surface area contributed by atoms with Crippen LogP contribution in [0.15, 0.2) is 36.4 Å². The van der Waals surface area contributed by atoms with Crippen molar-refractivity contribution in [2.24, 2.45) is 5.92 Å². The molecule has 188 valence electrons. The molecule has 1 saturated heterocycles.